The Hall–Kier alpha value is -1.66. The number of amides is 1. The number of esters is 1. The summed E-state index contributed by atoms with van der Waals surface area (Å²) in [5, 5.41) is 23.4. The molecule has 0 aromatic heterocycles. The van der Waals surface area contributed by atoms with Crippen molar-refractivity contribution in [1.82, 2.24) is 5.32 Å². The Morgan fingerprint density at radius 3 is 1.03 bits per heavy atom. The Morgan fingerprint density at radius 1 is 0.380 bits per heavy atom. The minimum absolute atomic E-state index is 0.00640. The molecule has 71 heavy (non-hydrogen) atoms. The molecule has 0 aliphatic carbocycles. The van der Waals surface area contributed by atoms with E-state index in [-0.39, 0.29) is 18.5 Å². The molecule has 0 aliphatic heterocycles. The fourth-order valence-electron chi connectivity index (χ4n) is 10.0. The smallest absolute Gasteiger partial charge is 0.305 e. The number of aliphatic hydroxyl groups is 2. The largest absolute Gasteiger partial charge is 0.466 e. The highest BCUT2D eigenvalue weighted by Gasteiger charge is 2.20. The topological polar surface area (TPSA) is 95.9 Å². The van der Waals surface area contributed by atoms with Gasteiger partial charge in [-0.1, -0.05) is 289 Å². The molecule has 0 spiro atoms. The van der Waals surface area contributed by atoms with Gasteiger partial charge >= 0.3 is 5.97 Å². The SMILES string of the molecule is CCCCC/C=C\CCCCCCCC(=O)OCCCCCCCCCCC/C=C\CCCCCCCC(=O)NC(CO)C(O)CCCCCCCCCCCCCCCCCCCCCCCCCC. The van der Waals surface area contributed by atoms with E-state index >= 15 is 0 Å². The number of rotatable bonds is 60. The summed E-state index contributed by atoms with van der Waals surface area (Å²) in [5.74, 6) is -0.0521. The molecule has 0 saturated carbocycles. The van der Waals surface area contributed by atoms with Gasteiger partial charge in [0.15, 0.2) is 0 Å². The van der Waals surface area contributed by atoms with E-state index in [4.69, 9.17) is 4.74 Å². The molecule has 0 fully saturated rings. The van der Waals surface area contributed by atoms with Crippen LogP contribution in [-0.4, -0.2) is 47.4 Å². The maximum absolute atomic E-state index is 12.5. The van der Waals surface area contributed by atoms with Crippen LogP contribution in [0, 0.1) is 0 Å². The zero-order valence-corrected chi connectivity index (χ0v) is 48.0. The van der Waals surface area contributed by atoms with Crippen molar-refractivity contribution in [3.63, 3.8) is 0 Å². The fourth-order valence-corrected chi connectivity index (χ4v) is 10.0. The molecule has 1 amide bonds. The van der Waals surface area contributed by atoms with Gasteiger partial charge in [-0.15, -0.1) is 0 Å². The van der Waals surface area contributed by atoms with E-state index in [1.165, 1.54) is 263 Å². The van der Waals surface area contributed by atoms with Gasteiger partial charge in [0.25, 0.3) is 0 Å². The van der Waals surface area contributed by atoms with Crippen LogP contribution in [-0.2, 0) is 14.3 Å². The summed E-state index contributed by atoms with van der Waals surface area (Å²) in [6, 6.07) is -0.553. The molecule has 0 aliphatic rings. The highest BCUT2D eigenvalue weighted by molar-refractivity contribution is 5.76. The first-order chi connectivity index (χ1) is 35.0. The Bertz CT molecular complexity index is 1110. The minimum Gasteiger partial charge on any atom is -0.466 e. The van der Waals surface area contributed by atoms with Crippen LogP contribution in [0.4, 0.5) is 0 Å². The zero-order valence-electron chi connectivity index (χ0n) is 48.0. The van der Waals surface area contributed by atoms with Gasteiger partial charge in [-0.2, -0.15) is 0 Å². The normalized spacial score (nSPS) is 12.7. The monoisotopic (exact) mass is 1000 g/mol. The summed E-state index contributed by atoms with van der Waals surface area (Å²) in [5.41, 5.74) is 0. The van der Waals surface area contributed by atoms with Crippen molar-refractivity contribution in [3.05, 3.63) is 24.3 Å². The molecule has 0 saturated heterocycles. The Morgan fingerprint density at radius 2 is 0.662 bits per heavy atom. The second-order valence-electron chi connectivity index (χ2n) is 22.1. The van der Waals surface area contributed by atoms with Crippen molar-refractivity contribution < 1.29 is 24.5 Å². The Balaban J connectivity index is 3.45. The van der Waals surface area contributed by atoms with Crippen LogP contribution in [0.2, 0.25) is 0 Å². The fraction of sp³-hybridized carbons (Fsp3) is 0.908. The average molecular weight is 1000 g/mol. The van der Waals surface area contributed by atoms with Crippen LogP contribution in [0.5, 0.6) is 0 Å². The number of unbranched alkanes of at least 4 members (excludes halogenated alkanes) is 45. The van der Waals surface area contributed by atoms with Gasteiger partial charge in [0, 0.05) is 12.8 Å². The quantitative estimate of drug-likeness (QED) is 0.0320. The molecule has 6 heteroatoms. The lowest BCUT2D eigenvalue weighted by Gasteiger charge is -2.22. The summed E-state index contributed by atoms with van der Waals surface area (Å²) in [4.78, 5) is 24.5. The summed E-state index contributed by atoms with van der Waals surface area (Å²) in [7, 11) is 0. The maximum Gasteiger partial charge on any atom is 0.305 e. The molecule has 2 atom stereocenters. The van der Waals surface area contributed by atoms with Crippen LogP contribution in [0.3, 0.4) is 0 Å². The van der Waals surface area contributed by atoms with Crippen LogP contribution >= 0.6 is 0 Å². The van der Waals surface area contributed by atoms with E-state index in [1.807, 2.05) is 0 Å². The second kappa shape index (κ2) is 60.9. The van der Waals surface area contributed by atoms with Crippen molar-refractivity contribution in [1.29, 1.82) is 0 Å². The molecule has 0 aromatic rings. The van der Waals surface area contributed by atoms with E-state index in [0.717, 1.165) is 57.8 Å². The molecule has 420 valence electrons. The number of allylic oxidation sites excluding steroid dienone is 4. The van der Waals surface area contributed by atoms with Crippen molar-refractivity contribution in [3.8, 4) is 0 Å². The first kappa shape index (κ1) is 69.3. The predicted octanol–water partition coefficient (Wildman–Crippen LogP) is 20.2. The van der Waals surface area contributed by atoms with Gasteiger partial charge in [-0.05, 0) is 77.0 Å². The lowest BCUT2D eigenvalue weighted by molar-refractivity contribution is -0.143. The number of aliphatic hydroxyl groups excluding tert-OH is 2. The zero-order chi connectivity index (χ0) is 51.4. The number of carbonyl (C=O) groups excluding carboxylic acids is 2. The van der Waals surface area contributed by atoms with Crippen LogP contribution in [0.1, 0.15) is 354 Å². The van der Waals surface area contributed by atoms with Crippen LogP contribution < -0.4 is 5.32 Å². The summed E-state index contributed by atoms with van der Waals surface area (Å²) in [6.07, 6.45) is 74.8. The molecule has 0 aromatic carbocycles. The number of hydrogen-bond donors (Lipinski definition) is 3. The lowest BCUT2D eigenvalue weighted by atomic mass is 10.0. The van der Waals surface area contributed by atoms with E-state index in [0.29, 0.717) is 25.9 Å². The summed E-state index contributed by atoms with van der Waals surface area (Å²) in [6.45, 7) is 4.94. The third kappa shape index (κ3) is 57.5. The molecular weight excluding hydrogens is 875 g/mol. The number of ether oxygens (including phenoxy) is 1. The van der Waals surface area contributed by atoms with Gasteiger partial charge in [0.1, 0.15) is 0 Å². The van der Waals surface area contributed by atoms with E-state index < -0.39 is 12.1 Å². The molecule has 0 radical (unpaired) electrons. The van der Waals surface area contributed by atoms with Crippen molar-refractivity contribution >= 4 is 11.9 Å². The number of carbonyl (C=O) groups is 2. The molecule has 0 rings (SSSR count). The average Bonchev–Trinajstić information content (AvgIpc) is 3.37. The Labute approximate surface area is 443 Å². The molecule has 3 N–H and O–H groups in total. The highest BCUT2D eigenvalue weighted by atomic mass is 16.5. The van der Waals surface area contributed by atoms with Gasteiger partial charge in [-0.25, -0.2) is 0 Å². The van der Waals surface area contributed by atoms with Gasteiger partial charge in [-0.3, -0.25) is 9.59 Å². The highest BCUT2D eigenvalue weighted by Crippen LogP contribution is 2.18. The lowest BCUT2D eigenvalue weighted by Crippen LogP contribution is -2.45. The van der Waals surface area contributed by atoms with Crippen LogP contribution in [0.25, 0.3) is 0 Å². The van der Waals surface area contributed by atoms with Crippen molar-refractivity contribution in [2.45, 2.75) is 366 Å². The van der Waals surface area contributed by atoms with Gasteiger partial charge in [0.05, 0.1) is 25.4 Å². The third-order valence-electron chi connectivity index (χ3n) is 15.0. The van der Waals surface area contributed by atoms with Crippen molar-refractivity contribution in [2.75, 3.05) is 13.2 Å². The predicted molar refractivity (Wildman–Crippen MR) is 310 cm³/mol. The standard InChI is InChI=1S/C65H125NO5/c1-3-5-7-9-11-13-15-17-18-19-20-21-22-23-24-25-28-31-34-37-41-45-49-53-57-63(68)62(61-67)66-64(69)58-54-50-46-42-38-35-32-29-26-27-30-33-36-40-44-48-52-56-60-71-65(70)59-55-51-47-43-39-16-14-12-10-8-6-4-2/h12,14,29,32,62-63,67-68H,3-11,13,15-28,30-31,33-61H2,1-2H3,(H,66,69)/b14-12-,32-29-. The second-order valence-corrected chi connectivity index (χ2v) is 22.1. The summed E-state index contributed by atoms with van der Waals surface area (Å²) < 4.78 is 5.46. The summed E-state index contributed by atoms with van der Waals surface area (Å²) >= 11 is 0. The molecule has 2 unspecified atom stereocenters. The Kier molecular flexibility index (Phi) is 59.5. The van der Waals surface area contributed by atoms with E-state index in [9.17, 15) is 19.8 Å². The molecule has 0 bridgehead atoms. The first-order valence-electron chi connectivity index (χ1n) is 32.1. The van der Waals surface area contributed by atoms with Crippen molar-refractivity contribution in [2.24, 2.45) is 0 Å². The number of nitrogens with one attached hydrogen (secondary N) is 1. The van der Waals surface area contributed by atoms with E-state index in [2.05, 4.69) is 43.5 Å². The third-order valence-corrected chi connectivity index (χ3v) is 15.0. The molecular formula is C65H125NO5. The molecule has 0 heterocycles. The molecule has 6 nitrogen and oxygen atoms in total. The minimum atomic E-state index is -0.674. The van der Waals surface area contributed by atoms with Gasteiger partial charge in [0.2, 0.25) is 5.91 Å². The van der Waals surface area contributed by atoms with Crippen LogP contribution in [0.15, 0.2) is 24.3 Å². The van der Waals surface area contributed by atoms with E-state index in [1.54, 1.807) is 0 Å². The first-order valence-corrected chi connectivity index (χ1v) is 32.1. The number of hydrogen-bond acceptors (Lipinski definition) is 5. The van der Waals surface area contributed by atoms with Gasteiger partial charge < -0.3 is 20.3 Å². The maximum atomic E-state index is 12.5.